The summed E-state index contributed by atoms with van der Waals surface area (Å²) in [6.07, 6.45) is 27.8. The summed E-state index contributed by atoms with van der Waals surface area (Å²) in [4.78, 5) is 12.2. The van der Waals surface area contributed by atoms with Crippen molar-refractivity contribution in [2.24, 2.45) is 0 Å². The summed E-state index contributed by atoms with van der Waals surface area (Å²) in [6.45, 7) is 6.46. The number of carbonyl (C=O) groups is 1. The van der Waals surface area contributed by atoms with Crippen molar-refractivity contribution in [1.82, 2.24) is 0 Å². The lowest BCUT2D eigenvalue weighted by atomic mass is 10.0. The third kappa shape index (κ3) is 19.4. The molecule has 0 saturated carbocycles. The molecule has 35 heavy (non-hydrogen) atoms. The lowest BCUT2D eigenvalue weighted by molar-refractivity contribution is -0.116. The molecule has 1 aromatic carbocycles. The average molecular weight is 488 g/mol. The topological polar surface area (TPSA) is 38.3 Å². The van der Waals surface area contributed by atoms with Gasteiger partial charge in [-0.15, -0.1) is 0 Å². The first-order chi connectivity index (χ1) is 17.2. The minimum absolute atomic E-state index is 0.109. The second kappa shape index (κ2) is 22.9. The highest BCUT2D eigenvalue weighted by molar-refractivity contribution is 5.90. The number of nitrogens with one attached hydrogen (secondary N) is 1. The van der Waals surface area contributed by atoms with Crippen molar-refractivity contribution >= 4 is 11.6 Å². The molecule has 1 N–H and O–H groups in total. The zero-order chi connectivity index (χ0) is 25.4. The van der Waals surface area contributed by atoms with Crippen LogP contribution in [-0.2, 0) is 4.79 Å². The van der Waals surface area contributed by atoms with Gasteiger partial charge in [0.15, 0.2) is 0 Å². The van der Waals surface area contributed by atoms with Crippen LogP contribution in [0.4, 0.5) is 5.69 Å². The molecule has 0 aliphatic carbocycles. The van der Waals surface area contributed by atoms with E-state index in [0.29, 0.717) is 6.42 Å². The summed E-state index contributed by atoms with van der Waals surface area (Å²) in [7, 11) is 0. The first kappa shape index (κ1) is 31.5. The smallest absolute Gasteiger partial charge is 0.224 e. The van der Waals surface area contributed by atoms with Crippen molar-refractivity contribution < 1.29 is 9.53 Å². The van der Waals surface area contributed by atoms with E-state index in [4.69, 9.17) is 4.74 Å². The van der Waals surface area contributed by atoms with Crippen molar-refractivity contribution in [2.45, 2.75) is 162 Å². The molecule has 1 aromatic rings. The fourth-order valence-electron chi connectivity index (χ4n) is 4.55. The van der Waals surface area contributed by atoms with Gasteiger partial charge in [-0.3, -0.25) is 4.79 Å². The van der Waals surface area contributed by atoms with Crippen LogP contribution in [0, 0.1) is 0 Å². The largest absolute Gasteiger partial charge is 0.491 e. The van der Waals surface area contributed by atoms with Crippen LogP contribution in [0.1, 0.15) is 156 Å². The lowest BCUT2D eigenvalue weighted by Crippen LogP contribution is -2.12. The molecule has 0 saturated heterocycles. The van der Waals surface area contributed by atoms with E-state index in [-0.39, 0.29) is 12.0 Å². The van der Waals surface area contributed by atoms with Crippen LogP contribution in [0.15, 0.2) is 24.3 Å². The molecule has 0 bridgehead atoms. The second-order valence-electron chi connectivity index (χ2n) is 10.5. The van der Waals surface area contributed by atoms with Crippen molar-refractivity contribution in [3.8, 4) is 5.75 Å². The molecule has 1 atom stereocenters. The zero-order valence-electron chi connectivity index (χ0n) is 23.6. The Kier molecular flexibility index (Phi) is 20.6. The third-order valence-corrected chi connectivity index (χ3v) is 7.04. The van der Waals surface area contributed by atoms with Crippen molar-refractivity contribution in [1.29, 1.82) is 0 Å². The van der Waals surface area contributed by atoms with Crippen LogP contribution in [0.5, 0.6) is 5.75 Å². The van der Waals surface area contributed by atoms with Crippen molar-refractivity contribution in [3.63, 3.8) is 0 Å². The van der Waals surface area contributed by atoms with Gasteiger partial charge in [0.1, 0.15) is 5.75 Å². The number of benzene rings is 1. The number of carbonyl (C=O) groups excluding carboxylic acids is 1. The maximum absolute atomic E-state index is 12.2. The predicted octanol–water partition coefficient (Wildman–Crippen LogP) is 10.6. The molecule has 0 spiro atoms. The highest BCUT2D eigenvalue weighted by atomic mass is 16.5. The Bertz CT molecular complexity index is 615. The molecule has 3 nitrogen and oxygen atoms in total. The van der Waals surface area contributed by atoms with E-state index >= 15 is 0 Å². The summed E-state index contributed by atoms with van der Waals surface area (Å²) < 4.78 is 5.84. The van der Waals surface area contributed by atoms with Gasteiger partial charge in [0.05, 0.1) is 6.10 Å². The highest BCUT2D eigenvalue weighted by Crippen LogP contribution is 2.20. The van der Waals surface area contributed by atoms with Crippen LogP contribution >= 0.6 is 0 Å². The summed E-state index contributed by atoms with van der Waals surface area (Å²) in [5.41, 5.74) is 0.827. The zero-order valence-corrected chi connectivity index (χ0v) is 23.6. The minimum atomic E-state index is 0.109. The monoisotopic (exact) mass is 487 g/mol. The molecule has 1 rings (SSSR count). The summed E-state index contributed by atoms with van der Waals surface area (Å²) in [5, 5.41) is 3.01. The summed E-state index contributed by atoms with van der Waals surface area (Å²) in [6, 6.07) is 7.73. The van der Waals surface area contributed by atoms with Gasteiger partial charge in [0.2, 0.25) is 5.91 Å². The van der Waals surface area contributed by atoms with Crippen LogP contribution in [-0.4, -0.2) is 12.0 Å². The number of ether oxygens (including phenoxy) is 1. The molecule has 202 valence electrons. The molecule has 1 unspecified atom stereocenters. The van der Waals surface area contributed by atoms with Gasteiger partial charge < -0.3 is 10.1 Å². The van der Waals surface area contributed by atoms with Gasteiger partial charge in [-0.05, 0) is 31.9 Å². The number of anilines is 1. The van der Waals surface area contributed by atoms with Crippen molar-refractivity contribution in [3.05, 3.63) is 24.3 Å². The highest BCUT2D eigenvalue weighted by Gasteiger charge is 2.05. The lowest BCUT2D eigenvalue weighted by Gasteiger charge is -2.13. The van der Waals surface area contributed by atoms with Gasteiger partial charge >= 0.3 is 0 Å². The third-order valence-electron chi connectivity index (χ3n) is 7.04. The molecule has 1 amide bonds. The Morgan fingerprint density at radius 3 is 1.63 bits per heavy atom. The quantitative estimate of drug-likeness (QED) is 0.147. The Morgan fingerprint density at radius 2 is 1.17 bits per heavy atom. The van der Waals surface area contributed by atoms with Crippen molar-refractivity contribution in [2.75, 3.05) is 5.32 Å². The van der Waals surface area contributed by atoms with E-state index in [1.165, 1.54) is 109 Å². The molecule has 0 fully saturated rings. The number of unbranched alkanes of at least 4 members (excludes halogenated alkanes) is 18. The molecular weight excluding hydrogens is 430 g/mol. The average Bonchev–Trinajstić information content (AvgIpc) is 2.85. The minimum Gasteiger partial charge on any atom is -0.491 e. The number of hydrogen-bond donors (Lipinski definition) is 1. The summed E-state index contributed by atoms with van der Waals surface area (Å²) >= 11 is 0. The van der Waals surface area contributed by atoms with E-state index in [1.54, 1.807) is 0 Å². The van der Waals surface area contributed by atoms with Crippen LogP contribution in [0.2, 0.25) is 0 Å². The maximum Gasteiger partial charge on any atom is 0.224 e. The van der Waals surface area contributed by atoms with Gasteiger partial charge in [0, 0.05) is 18.2 Å². The predicted molar refractivity (Wildman–Crippen MR) is 153 cm³/mol. The first-order valence-electron chi connectivity index (χ1n) is 15.2. The molecule has 0 aliphatic rings. The normalized spacial score (nSPS) is 12.0. The fraction of sp³-hybridized carbons (Fsp3) is 0.781. The van der Waals surface area contributed by atoms with Gasteiger partial charge in [-0.1, -0.05) is 135 Å². The Labute approximate surface area is 218 Å². The van der Waals surface area contributed by atoms with Gasteiger partial charge in [-0.2, -0.15) is 0 Å². The molecule has 0 aromatic heterocycles. The van der Waals surface area contributed by atoms with E-state index < -0.39 is 0 Å². The van der Waals surface area contributed by atoms with Crippen LogP contribution in [0.3, 0.4) is 0 Å². The Hall–Kier alpha value is -1.51. The fourth-order valence-corrected chi connectivity index (χ4v) is 4.55. The van der Waals surface area contributed by atoms with Gasteiger partial charge in [0.25, 0.3) is 0 Å². The number of hydrogen-bond acceptors (Lipinski definition) is 2. The van der Waals surface area contributed by atoms with E-state index in [1.807, 2.05) is 24.3 Å². The van der Waals surface area contributed by atoms with Crippen LogP contribution < -0.4 is 10.1 Å². The van der Waals surface area contributed by atoms with Gasteiger partial charge in [-0.25, -0.2) is 0 Å². The second-order valence-corrected chi connectivity index (χ2v) is 10.5. The molecule has 3 heteroatoms. The maximum atomic E-state index is 12.2. The number of rotatable bonds is 24. The standard InChI is InChI=1S/C32H57NO2/c1-4-6-7-8-9-10-11-12-13-14-15-16-17-18-19-20-21-22-23-27-32(34)33-30-25-24-26-31(28-30)35-29(3)5-2/h24-26,28-29H,4-23,27H2,1-3H3,(H,33,34). The first-order valence-corrected chi connectivity index (χ1v) is 15.2. The SMILES string of the molecule is CCCCCCCCCCCCCCCCCCCCCC(=O)Nc1cccc(OC(C)CC)c1. The van der Waals surface area contributed by atoms with E-state index in [2.05, 4.69) is 26.1 Å². The van der Waals surface area contributed by atoms with E-state index in [0.717, 1.165) is 30.7 Å². The molecular formula is C32H57NO2. The molecule has 0 aliphatic heterocycles. The Morgan fingerprint density at radius 1 is 0.714 bits per heavy atom. The molecule has 0 radical (unpaired) electrons. The Balaban J connectivity index is 1.86. The van der Waals surface area contributed by atoms with E-state index in [9.17, 15) is 4.79 Å². The number of amides is 1. The molecule has 0 heterocycles. The van der Waals surface area contributed by atoms with Crippen LogP contribution in [0.25, 0.3) is 0 Å². The summed E-state index contributed by atoms with van der Waals surface area (Å²) in [5.74, 6) is 0.929.